The third-order valence-electron chi connectivity index (χ3n) is 4.47. The van der Waals surface area contributed by atoms with Crippen molar-refractivity contribution in [2.24, 2.45) is 5.92 Å². The topological polar surface area (TPSA) is 38.3 Å². The quantitative estimate of drug-likeness (QED) is 0.871. The van der Waals surface area contributed by atoms with Crippen LogP contribution in [0, 0.1) is 5.92 Å². The summed E-state index contributed by atoms with van der Waals surface area (Å²) in [6.45, 7) is 0. The molecule has 0 amide bonds. The Hall–Kier alpha value is -1.06. The second kappa shape index (κ2) is 6.59. The maximum Gasteiger partial charge on any atom is 0.337 e. The molecule has 2 bridgehead atoms. The molecule has 2 aliphatic heterocycles. The Balaban J connectivity index is 0.00000147. The van der Waals surface area contributed by atoms with Gasteiger partial charge in [0.2, 0.25) is 0 Å². The van der Waals surface area contributed by atoms with Crippen molar-refractivity contribution in [1.29, 1.82) is 0 Å². The summed E-state index contributed by atoms with van der Waals surface area (Å²) in [6, 6.07) is 9.37. The van der Waals surface area contributed by atoms with Crippen LogP contribution in [-0.4, -0.2) is 25.2 Å². The van der Waals surface area contributed by atoms with Gasteiger partial charge in [0.05, 0.1) is 12.7 Å². The van der Waals surface area contributed by atoms with E-state index >= 15 is 0 Å². The van der Waals surface area contributed by atoms with E-state index in [1.54, 1.807) is 0 Å². The normalized spacial score (nSPS) is 27.8. The minimum Gasteiger partial charge on any atom is -0.465 e. The molecule has 3 nitrogen and oxygen atoms in total. The maximum absolute atomic E-state index is 11.4. The van der Waals surface area contributed by atoms with Gasteiger partial charge in [0.1, 0.15) is 0 Å². The fraction of sp³-hybridized carbons (Fsp3) is 0.562. The van der Waals surface area contributed by atoms with Crippen LogP contribution in [0.2, 0.25) is 0 Å². The standard InChI is InChI=1S/C16H21NO2.ClH/c1-19-16(18)13-4-2-11(3-5-13)8-12-9-14-6-7-15(10-12)17-14;/h2-5,12,14-15,17H,6-10H2,1H3;1H. The molecular formula is C16H22ClNO2. The molecule has 2 unspecified atom stereocenters. The molecule has 1 N–H and O–H groups in total. The molecule has 2 heterocycles. The average molecular weight is 296 g/mol. The molecular weight excluding hydrogens is 274 g/mol. The zero-order chi connectivity index (χ0) is 13.2. The van der Waals surface area contributed by atoms with Crippen LogP contribution in [0.25, 0.3) is 0 Å². The van der Waals surface area contributed by atoms with Crippen LogP contribution in [0.5, 0.6) is 0 Å². The van der Waals surface area contributed by atoms with E-state index < -0.39 is 0 Å². The highest BCUT2D eigenvalue weighted by Gasteiger charge is 2.33. The predicted octanol–water partition coefficient (Wildman–Crippen LogP) is 2.97. The Kier molecular flexibility index (Phi) is 5.06. The van der Waals surface area contributed by atoms with Crippen molar-refractivity contribution in [1.82, 2.24) is 5.32 Å². The third kappa shape index (κ3) is 3.33. The van der Waals surface area contributed by atoms with E-state index in [1.165, 1.54) is 38.4 Å². The van der Waals surface area contributed by atoms with E-state index in [0.717, 1.165) is 24.4 Å². The minimum atomic E-state index is -0.258. The van der Waals surface area contributed by atoms with E-state index in [9.17, 15) is 4.79 Å². The number of carbonyl (C=O) groups excluding carboxylic acids is 1. The zero-order valence-electron chi connectivity index (χ0n) is 11.8. The lowest BCUT2D eigenvalue weighted by Crippen LogP contribution is -2.38. The van der Waals surface area contributed by atoms with Crippen LogP contribution in [0.3, 0.4) is 0 Å². The lowest BCUT2D eigenvalue weighted by molar-refractivity contribution is 0.0600. The van der Waals surface area contributed by atoms with Crippen LogP contribution >= 0.6 is 12.4 Å². The van der Waals surface area contributed by atoms with Gasteiger partial charge in [-0.3, -0.25) is 0 Å². The van der Waals surface area contributed by atoms with E-state index in [-0.39, 0.29) is 18.4 Å². The summed E-state index contributed by atoms with van der Waals surface area (Å²) in [5, 5.41) is 3.68. The van der Waals surface area contributed by atoms with Gasteiger partial charge in [-0.1, -0.05) is 12.1 Å². The minimum absolute atomic E-state index is 0. The number of carbonyl (C=O) groups is 1. The number of ether oxygens (including phenoxy) is 1. The largest absolute Gasteiger partial charge is 0.465 e. The zero-order valence-corrected chi connectivity index (χ0v) is 12.6. The van der Waals surface area contributed by atoms with Gasteiger partial charge >= 0.3 is 5.97 Å². The number of hydrogen-bond donors (Lipinski definition) is 1. The summed E-state index contributed by atoms with van der Waals surface area (Å²) in [5.41, 5.74) is 1.97. The number of esters is 1. The molecule has 2 aliphatic rings. The summed E-state index contributed by atoms with van der Waals surface area (Å²) in [5.74, 6) is 0.536. The van der Waals surface area contributed by atoms with E-state index in [1.807, 2.05) is 12.1 Å². The third-order valence-corrected chi connectivity index (χ3v) is 4.47. The molecule has 2 atom stereocenters. The number of benzene rings is 1. The molecule has 0 radical (unpaired) electrons. The van der Waals surface area contributed by atoms with Gasteiger partial charge < -0.3 is 10.1 Å². The van der Waals surface area contributed by atoms with Crippen molar-refractivity contribution in [3.05, 3.63) is 35.4 Å². The van der Waals surface area contributed by atoms with Crippen LogP contribution in [0.1, 0.15) is 41.6 Å². The van der Waals surface area contributed by atoms with Gasteiger partial charge in [-0.2, -0.15) is 0 Å². The molecule has 1 aromatic rings. The fourth-order valence-electron chi connectivity index (χ4n) is 3.57. The van der Waals surface area contributed by atoms with Crippen molar-refractivity contribution >= 4 is 18.4 Å². The van der Waals surface area contributed by atoms with Crippen molar-refractivity contribution in [2.45, 2.75) is 44.2 Å². The Labute approximate surface area is 126 Å². The monoisotopic (exact) mass is 295 g/mol. The summed E-state index contributed by atoms with van der Waals surface area (Å²) < 4.78 is 4.72. The van der Waals surface area contributed by atoms with Crippen molar-refractivity contribution < 1.29 is 9.53 Å². The van der Waals surface area contributed by atoms with Crippen molar-refractivity contribution in [2.75, 3.05) is 7.11 Å². The second-order valence-corrected chi connectivity index (χ2v) is 5.87. The number of fused-ring (bicyclic) bond motifs is 2. The molecule has 0 spiro atoms. The lowest BCUT2D eigenvalue weighted by atomic mass is 9.87. The number of hydrogen-bond acceptors (Lipinski definition) is 3. The van der Waals surface area contributed by atoms with Gasteiger partial charge in [-0.25, -0.2) is 4.79 Å². The first-order valence-electron chi connectivity index (χ1n) is 7.18. The Bertz CT molecular complexity index is 448. The molecule has 3 rings (SSSR count). The van der Waals surface area contributed by atoms with Gasteiger partial charge in [-0.05, 0) is 55.7 Å². The Morgan fingerprint density at radius 2 is 1.80 bits per heavy atom. The molecule has 0 aliphatic carbocycles. The van der Waals surface area contributed by atoms with E-state index in [4.69, 9.17) is 4.74 Å². The van der Waals surface area contributed by atoms with E-state index in [0.29, 0.717) is 5.56 Å². The first-order chi connectivity index (χ1) is 9.24. The Morgan fingerprint density at radius 3 is 2.35 bits per heavy atom. The summed E-state index contributed by atoms with van der Waals surface area (Å²) in [4.78, 5) is 11.4. The maximum atomic E-state index is 11.4. The van der Waals surface area contributed by atoms with Gasteiger partial charge in [0, 0.05) is 12.1 Å². The number of rotatable bonds is 3. The van der Waals surface area contributed by atoms with Gasteiger partial charge in [-0.15, -0.1) is 12.4 Å². The average Bonchev–Trinajstić information content (AvgIpc) is 2.78. The van der Waals surface area contributed by atoms with Crippen molar-refractivity contribution in [3.63, 3.8) is 0 Å². The summed E-state index contributed by atoms with van der Waals surface area (Å²) >= 11 is 0. The van der Waals surface area contributed by atoms with Crippen molar-refractivity contribution in [3.8, 4) is 0 Å². The first-order valence-corrected chi connectivity index (χ1v) is 7.18. The van der Waals surface area contributed by atoms with Crippen LogP contribution in [0.4, 0.5) is 0 Å². The summed E-state index contributed by atoms with van der Waals surface area (Å²) in [6.07, 6.45) is 6.44. The number of halogens is 1. The van der Waals surface area contributed by atoms with E-state index in [2.05, 4.69) is 17.4 Å². The first kappa shape index (κ1) is 15.3. The van der Waals surface area contributed by atoms with Crippen LogP contribution in [0.15, 0.2) is 24.3 Å². The molecule has 0 aromatic heterocycles. The molecule has 20 heavy (non-hydrogen) atoms. The molecule has 110 valence electrons. The summed E-state index contributed by atoms with van der Waals surface area (Å²) in [7, 11) is 1.42. The molecule has 2 saturated heterocycles. The SMILES string of the molecule is COC(=O)c1ccc(CC2CC3CCC(C2)N3)cc1.Cl. The number of nitrogens with one attached hydrogen (secondary N) is 1. The highest BCUT2D eigenvalue weighted by molar-refractivity contribution is 5.89. The highest BCUT2D eigenvalue weighted by atomic mass is 35.5. The molecule has 1 aromatic carbocycles. The molecule has 0 saturated carbocycles. The highest BCUT2D eigenvalue weighted by Crippen LogP contribution is 2.32. The molecule has 4 heteroatoms. The number of methoxy groups -OCH3 is 1. The van der Waals surface area contributed by atoms with Gasteiger partial charge in [0.25, 0.3) is 0 Å². The Morgan fingerprint density at radius 1 is 1.20 bits per heavy atom. The second-order valence-electron chi connectivity index (χ2n) is 5.87. The lowest BCUT2D eigenvalue weighted by Gasteiger charge is -2.29. The van der Waals surface area contributed by atoms with Crippen LogP contribution in [-0.2, 0) is 11.2 Å². The number of piperidine rings is 1. The van der Waals surface area contributed by atoms with Crippen LogP contribution < -0.4 is 5.32 Å². The smallest absolute Gasteiger partial charge is 0.337 e. The molecule has 2 fully saturated rings. The predicted molar refractivity (Wildman–Crippen MR) is 81.4 cm³/mol. The fourth-order valence-corrected chi connectivity index (χ4v) is 3.57. The van der Waals surface area contributed by atoms with Gasteiger partial charge in [0.15, 0.2) is 0 Å².